The van der Waals surface area contributed by atoms with E-state index >= 15 is 0 Å². The largest absolute Gasteiger partial charge is 0.379 e. The van der Waals surface area contributed by atoms with Crippen LogP contribution < -0.4 is 11.2 Å². The maximum atomic E-state index is 13.2. The fraction of sp³-hybridized carbons (Fsp3) is 0. The number of nitrogen functional groups attached to an aromatic ring is 1. The normalized spacial score (nSPS) is 10.7. The van der Waals surface area contributed by atoms with Crippen LogP contribution in [-0.2, 0) is 0 Å². The van der Waals surface area contributed by atoms with Gasteiger partial charge in [0.25, 0.3) is 5.91 Å². The van der Waals surface area contributed by atoms with E-state index in [0.717, 1.165) is 6.21 Å². The van der Waals surface area contributed by atoms with Crippen molar-refractivity contribution in [2.24, 2.45) is 5.10 Å². The molecule has 1 amide bonds. The van der Waals surface area contributed by atoms with E-state index in [4.69, 9.17) is 5.73 Å². The predicted octanol–water partition coefficient (Wildman–Crippen LogP) is 0.555. The van der Waals surface area contributed by atoms with E-state index in [-0.39, 0.29) is 17.1 Å². The van der Waals surface area contributed by atoms with E-state index in [1.165, 1.54) is 12.1 Å². The first-order chi connectivity index (χ1) is 8.68. The number of rotatable bonds is 3. The van der Waals surface area contributed by atoms with Gasteiger partial charge in [0.15, 0.2) is 0 Å². The molecule has 18 heavy (non-hydrogen) atoms. The molecule has 0 fully saturated rings. The zero-order valence-electron chi connectivity index (χ0n) is 9.00. The van der Waals surface area contributed by atoms with Gasteiger partial charge in [0, 0.05) is 5.56 Å². The molecule has 1 aromatic carbocycles. The summed E-state index contributed by atoms with van der Waals surface area (Å²) in [6, 6.07) is 5.98. The highest BCUT2D eigenvalue weighted by Crippen LogP contribution is 2.04. The van der Waals surface area contributed by atoms with Crippen LogP contribution in [0.5, 0.6) is 0 Å². The Hall–Kier alpha value is -2.77. The first kappa shape index (κ1) is 11.7. The van der Waals surface area contributed by atoms with Crippen LogP contribution in [0.25, 0.3) is 0 Å². The summed E-state index contributed by atoms with van der Waals surface area (Å²) in [6.45, 7) is 0. The monoisotopic (exact) mass is 249 g/mol. The number of amides is 1. The number of anilines is 1. The van der Waals surface area contributed by atoms with Crippen molar-refractivity contribution in [3.8, 4) is 0 Å². The Labute approximate surface area is 100 Å². The predicted molar refractivity (Wildman–Crippen MR) is 60.2 cm³/mol. The number of nitrogens with zero attached hydrogens (tertiary/aromatic N) is 3. The van der Waals surface area contributed by atoms with E-state index in [0.29, 0.717) is 0 Å². The molecular weight excluding hydrogens is 241 g/mol. The second kappa shape index (κ2) is 5.04. The lowest BCUT2D eigenvalue weighted by Gasteiger charge is -1.96. The molecule has 2 aromatic rings. The van der Waals surface area contributed by atoms with Gasteiger partial charge in [-0.1, -0.05) is 18.2 Å². The third-order valence-electron chi connectivity index (χ3n) is 2.00. The van der Waals surface area contributed by atoms with Crippen LogP contribution in [0, 0.1) is 5.82 Å². The number of carbonyl (C=O) groups excluding carboxylic acids is 1. The lowest BCUT2D eigenvalue weighted by molar-refractivity contribution is 0.0946. The van der Waals surface area contributed by atoms with Crippen molar-refractivity contribution in [2.75, 3.05) is 5.73 Å². The second-order valence-electron chi connectivity index (χ2n) is 3.22. The highest BCUT2D eigenvalue weighted by atomic mass is 19.1. The third-order valence-corrected chi connectivity index (χ3v) is 2.00. The average Bonchev–Trinajstić information content (AvgIpc) is 2.78. The lowest BCUT2D eigenvalue weighted by atomic mass is 10.2. The van der Waals surface area contributed by atoms with Gasteiger partial charge in [-0.2, -0.15) is 5.10 Å². The molecule has 1 heterocycles. The molecule has 8 heteroatoms. The molecule has 0 radical (unpaired) electrons. The van der Waals surface area contributed by atoms with Crippen molar-refractivity contribution < 1.29 is 13.8 Å². The van der Waals surface area contributed by atoms with Gasteiger partial charge in [-0.15, -0.1) is 0 Å². The molecule has 0 bridgehead atoms. The summed E-state index contributed by atoms with van der Waals surface area (Å²) in [4.78, 5) is 11.4. The minimum atomic E-state index is -0.693. The standard InChI is InChI=1S/C10H8FN5O2/c11-7-4-2-1-3-6(7)5-13-14-10(17)8-9(12)16-18-15-8/h1-5H,(H2,12,16)(H,14,17)/b13-5+. The highest BCUT2D eigenvalue weighted by molar-refractivity contribution is 5.96. The van der Waals surface area contributed by atoms with Crippen LogP contribution >= 0.6 is 0 Å². The third kappa shape index (κ3) is 2.48. The number of aromatic nitrogens is 2. The molecule has 2 rings (SSSR count). The Balaban J connectivity index is 2.03. The summed E-state index contributed by atoms with van der Waals surface area (Å²) in [5.41, 5.74) is 7.49. The molecule has 0 saturated carbocycles. The summed E-state index contributed by atoms with van der Waals surface area (Å²) in [7, 11) is 0. The SMILES string of the molecule is Nc1nonc1C(=O)N/N=C/c1ccccc1F. The van der Waals surface area contributed by atoms with Crippen molar-refractivity contribution in [2.45, 2.75) is 0 Å². The van der Waals surface area contributed by atoms with Crippen molar-refractivity contribution >= 4 is 17.9 Å². The number of carbonyl (C=O) groups is 1. The lowest BCUT2D eigenvalue weighted by Crippen LogP contribution is -2.19. The summed E-state index contributed by atoms with van der Waals surface area (Å²) in [5.74, 6) is -1.28. The van der Waals surface area contributed by atoms with E-state index < -0.39 is 11.7 Å². The van der Waals surface area contributed by atoms with E-state index in [1.807, 2.05) is 0 Å². The van der Waals surface area contributed by atoms with Gasteiger partial charge in [-0.25, -0.2) is 14.4 Å². The Morgan fingerprint density at radius 2 is 2.22 bits per heavy atom. The Morgan fingerprint density at radius 1 is 1.44 bits per heavy atom. The molecule has 0 saturated heterocycles. The Kier molecular flexibility index (Phi) is 3.28. The van der Waals surface area contributed by atoms with Crippen LogP contribution in [0.1, 0.15) is 16.1 Å². The van der Waals surface area contributed by atoms with Gasteiger partial charge in [-0.05, 0) is 16.4 Å². The van der Waals surface area contributed by atoms with Crippen LogP contribution in [0.2, 0.25) is 0 Å². The minimum absolute atomic E-state index is 0.145. The molecule has 0 atom stereocenters. The van der Waals surface area contributed by atoms with Crippen LogP contribution in [0.4, 0.5) is 10.2 Å². The quantitative estimate of drug-likeness (QED) is 0.610. The molecule has 1 aromatic heterocycles. The smallest absolute Gasteiger partial charge is 0.297 e. The van der Waals surface area contributed by atoms with Gasteiger partial charge in [-0.3, -0.25) is 4.79 Å². The number of hydrogen-bond acceptors (Lipinski definition) is 6. The minimum Gasteiger partial charge on any atom is -0.379 e. The zero-order chi connectivity index (χ0) is 13.0. The fourth-order valence-electron chi connectivity index (χ4n) is 1.15. The Bertz CT molecular complexity index is 595. The zero-order valence-corrected chi connectivity index (χ0v) is 9.00. The maximum Gasteiger partial charge on any atom is 0.297 e. The van der Waals surface area contributed by atoms with E-state index in [9.17, 15) is 9.18 Å². The van der Waals surface area contributed by atoms with Crippen molar-refractivity contribution in [3.63, 3.8) is 0 Å². The van der Waals surface area contributed by atoms with E-state index in [1.54, 1.807) is 12.1 Å². The summed E-state index contributed by atoms with van der Waals surface area (Å²) in [6.07, 6.45) is 1.16. The molecule has 3 N–H and O–H groups in total. The van der Waals surface area contributed by atoms with Gasteiger partial charge < -0.3 is 5.73 Å². The van der Waals surface area contributed by atoms with E-state index in [2.05, 4.69) is 25.5 Å². The van der Waals surface area contributed by atoms with Gasteiger partial charge in [0.2, 0.25) is 11.5 Å². The molecule has 0 unspecified atom stereocenters. The van der Waals surface area contributed by atoms with Gasteiger partial charge in [0.1, 0.15) is 5.82 Å². The number of benzene rings is 1. The summed E-state index contributed by atoms with van der Waals surface area (Å²) < 4.78 is 17.4. The molecule has 0 aliphatic rings. The second-order valence-corrected chi connectivity index (χ2v) is 3.22. The number of halogens is 1. The number of hydrogen-bond donors (Lipinski definition) is 2. The molecule has 7 nitrogen and oxygen atoms in total. The topological polar surface area (TPSA) is 106 Å². The molecular formula is C10H8FN5O2. The van der Waals surface area contributed by atoms with Crippen LogP contribution in [0.3, 0.4) is 0 Å². The number of nitrogens with two attached hydrogens (primary N) is 1. The maximum absolute atomic E-state index is 13.2. The van der Waals surface area contributed by atoms with Crippen LogP contribution in [-0.4, -0.2) is 22.4 Å². The van der Waals surface area contributed by atoms with Gasteiger partial charge >= 0.3 is 0 Å². The molecule has 0 aliphatic carbocycles. The summed E-state index contributed by atoms with van der Waals surface area (Å²) in [5, 5.41) is 10.1. The molecule has 92 valence electrons. The highest BCUT2D eigenvalue weighted by Gasteiger charge is 2.14. The first-order valence-electron chi connectivity index (χ1n) is 4.84. The van der Waals surface area contributed by atoms with Crippen molar-refractivity contribution in [1.29, 1.82) is 0 Å². The molecule has 0 aliphatic heterocycles. The van der Waals surface area contributed by atoms with Crippen molar-refractivity contribution in [3.05, 3.63) is 41.3 Å². The first-order valence-corrected chi connectivity index (χ1v) is 4.84. The number of hydrazone groups is 1. The summed E-state index contributed by atoms with van der Waals surface area (Å²) >= 11 is 0. The van der Waals surface area contributed by atoms with Gasteiger partial charge in [0.05, 0.1) is 6.21 Å². The van der Waals surface area contributed by atoms with Crippen molar-refractivity contribution in [1.82, 2.24) is 15.7 Å². The fourth-order valence-corrected chi connectivity index (χ4v) is 1.15. The Morgan fingerprint density at radius 3 is 2.89 bits per heavy atom. The van der Waals surface area contributed by atoms with Crippen LogP contribution in [0.15, 0.2) is 34.0 Å². The average molecular weight is 249 g/mol. The number of nitrogens with one attached hydrogen (secondary N) is 1. The molecule has 0 spiro atoms.